The molecule has 2 aromatic rings. The second-order valence-electron chi connectivity index (χ2n) is 6.18. The third-order valence-corrected chi connectivity index (χ3v) is 4.47. The first-order valence-corrected chi connectivity index (χ1v) is 7.66. The van der Waals surface area contributed by atoms with Gasteiger partial charge in [0.2, 0.25) is 0 Å². The molecule has 2 N–H and O–H groups in total. The van der Waals surface area contributed by atoms with Crippen molar-refractivity contribution in [3.05, 3.63) is 64.7 Å². The van der Waals surface area contributed by atoms with E-state index in [2.05, 4.69) is 44.2 Å². The minimum Gasteiger partial charge on any atom is -0.493 e. The summed E-state index contributed by atoms with van der Waals surface area (Å²) in [5.74, 6) is 1.41. The van der Waals surface area contributed by atoms with Crippen LogP contribution in [-0.4, -0.2) is 12.6 Å². The number of hydrogen-bond donors (Lipinski definition) is 1. The van der Waals surface area contributed by atoms with Gasteiger partial charge in [0.05, 0.1) is 6.61 Å². The molecule has 2 atom stereocenters. The fourth-order valence-corrected chi connectivity index (χ4v) is 3.07. The van der Waals surface area contributed by atoms with E-state index in [0.717, 1.165) is 25.2 Å². The Bertz CT molecular complexity index is 635. The van der Waals surface area contributed by atoms with Crippen molar-refractivity contribution in [1.29, 1.82) is 0 Å². The number of aryl methyl sites for hydroxylation is 2. The number of nitrogens with two attached hydrogens (primary N) is 1. The summed E-state index contributed by atoms with van der Waals surface area (Å²) in [5.41, 5.74) is 11.7. The van der Waals surface area contributed by atoms with Gasteiger partial charge < -0.3 is 10.5 Å². The molecule has 0 radical (unpaired) electrons. The molecule has 2 unspecified atom stereocenters. The first kappa shape index (κ1) is 14.2. The van der Waals surface area contributed by atoms with Crippen molar-refractivity contribution < 1.29 is 4.74 Å². The molecule has 1 aliphatic rings. The monoisotopic (exact) mass is 281 g/mol. The van der Waals surface area contributed by atoms with E-state index in [1.165, 1.54) is 22.3 Å². The third kappa shape index (κ3) is 3.11. The molecule has 1 heterocycles. The summed E-state index contributed by atoms with van der Waals surface area (Å²) in [4.78, 5) is 0. The van der Waals surface area contributed by atoms with Crippen LogP contribution in [0.5, 0.6) is 5.75 Å². The van der Waals surface area contributed by atoms with Crippen molar-refractivity contribution in [2.75, 3.05) is 6.61 Å². The highest BCUT2D eigenvalue weighted by molar-refractivity contribution is 5.36. The smallest absolute Gasteiger partial charge is 0.122 e. The zero-order valence-electron chi connectivity index (χ0n) is 12.8. The Morgan fingerprint density at radius 1 is 1.19 bits per heavy atom. The molecule has 0 saturated heterocycles. The minimum absolute atomic E-state index is 0.138. The van der Waals surface area contributed by atoms with Gasteiger partial charge in [-0.15, -0.1) is 0 Å². The van der Waals surface area contributed by atoms with Gasteiger partial charge in [-0.1, -0.05) is 42.0 Å². The van der Waals surface area contributed by atoms with E-state index in [0.29, 0.717) is 5.92 Å². The lowest BCUT2D eigenvalue weighted by Gasteiger charge is -2.30. The first-order valence-electron chi connectivity index (χ1n) is 7.66. The van der Waals surface area contributed by atoms with Gasteiger partial charge >= 0.3 is 0 Å². The first-order chi connectivity index (χ1) is 10.1. The topological polar surface area (TPSA) is 35.2 Å². The number of para-hydroxylation sites is 1. The van der Waals surface area contributed by atoms with Gasteiger partial charge in [0.25, 0.3) is 0 Å². The standard InChI is InChI=1S/C19H23NO/c1-13-7-8-14(2)16(9-13)11-18(20)17-10-15-5-3-4-6-19(15)21-12-17/h3-9,17-18H,10-12,20H2,1-2H3. The van der Waals surface area contributed by atoms with Crippen LogP contribution in [0, 0.1) is 19.8 Å². The predicted octanol–water partition coefficient (Wildman–Crippen LogP) is 3.42. The Morgan fingerprint density at radius 3 is 2.86 bits per heavy atom. The van der Waals surface area contributed by atoms with E-state index < -0.39 is 0 Å². The summed E-state index contributed by atoms with van der Waals surface area (Å²) in [6, 6.07) is 15.0. The van der Waals surface area contributed by atoms with Crippen LogP contribution in [-0.2, 0) is 12.8 Å². The Balaban J connectivity index is 1.72. The molecule has 0 aromatic heterocycles. The summed E-state index contributed by atoms with van der Waals surface area (Å²) in [6.45, 7) is 5.02. The van der Waals surface area contributed by atoms with Gasteiger partial charge in [0, 0.05) is 12.0 Å². The Kier molecular flexibility index (Phi) is 3.98. The van der Waals surface area contributed by atoms with Crippen LogP contribution in [0.2, 0.25) is 0 Å². The Morgan fingerprint density at radius 2 is 2.00 bits per heavy atom. The van der Waals surface area contributed by atoms with Crippen LogP contribution in [0.15, 0.2) is 42.5 Å². The number of hydrogen-bond acceptors (Lipinski definition) is 2. The quantitative estimate of drug-likeness (QED) is 0.935. The van der Waals surface area contributed by atoms with Gasteiger partial charge in [-0.2, -0.15) is 0 Å². The molecular weight excluding hydrogens is 258 g/mol. The van der Waals surface area contributed by atoms with Gasteiger partial charge in [0.1, 0.15) is 5.75 Å². The van der Waals surface area contributed by atoms with Crippen LogP contribution in [0.25, 0.3) is 0 Å². The average molecular weight is 281 g/mol. The van der Waals surface area contributed by atoms with Crippen LogP contribution in [0.4, 0.5) is 0 Å². The van der Waals surface area contributed by atoms with Crippen molar-refractivity contribution in [1.82, 2.24) is 0 Å². The molecule has 0 bridgehead atoms. The molecule has 1 aliphatic heterocycles. The summed E-state index contributed by atoms with van der Waals surface area (Å²) >= 11 is 0. The van der Waals surface area contributed by atoms with Gasteiger partial charge in [-0.25, -0.2) is 0 Å². The fourth-order valence-electron chi connectivity index (χ4n) is 3.07. The highest BCUT2D eigenvalue weighted by Gasteiger charge is 2.25. The maximum absolute atomic E-state index is 6.48. The van der Waals surface area contributed by atoms with Gasteiger partial charge in [-0.3, -0.25) is 0 Å². The molecule has 3 rings (SSSR count). The molecule has 2 nitrogen and oxygen atoms in total. The Labute approximate surface area is 126 Å². The third-order valence-electron chi connectivity index (χ3n) is 4.47. The SMILES string of the molecule is Cc1ccc(C)c(CC(N)C2COc3ccccc3C2)c1. The molecule has 0 fully saturated rings. The number of benzene rings is 2. The lowest BCUT2D eigenvalue weighted by Crippen LogP contribution is -2.39. The normalized spacial score (nSPS) is 18.7. The van der Waals surface area contributed by atoms with Crippen molar-refractivity contribution >= 4 is 0 Å². The maximum atomic E-state index is 6.48. The molecule has 110 valence electrons. The minimum atomic E-state index is 0.138. The lowest BCUT2D eigenvalue weighted by atomic mass is 9.86. The lowest BCUT2D eigenvalue weighted by molar-refractivity contribution is 0.198. The molecule has 2 aromatic carbocycles. The summed E-state index contributed by atoms with van der Waals surface area (Å²) in [5, 5.41) is 0. The van der Waals surface area contributed by atoms with Crippen molar-refractivity contribution in [3.63, 3.8) is 0 Å². The highest BCUT2D eigenvalue weighted by Crippen LogP contribution is 2.29. The molecule has 0 amide bonds. The zero-order chi connectivity index (χ0) is 14.8. The van der Waals surface area contributed by atoms with Crippen LogP contribution in [0.3, 0.4) is 0 Å². The maximum Gasteiger partial charge on any atom is 0.122 e. The van der Waals surface area contributed by atoms with Gasteiger partial charge in [-0.05, 0) is 49.4 Å². The van der Waals surface area contributed by atoms with Gasteiger partial charge in [0.15, 0.2) is 0 Å². The zero-order valence-corrected chi connectivity index (χ0v) is 12.8. The molecule has 0 saturated carbocycles. The molecule has 0 spiro atoms. The van der Waals surface area contributed by atoms with E-state index in [1.807, 2.05) is 12.1 Å². The van der Waals surface area contributed by atoms with Crippen LogP contribution >= 0.6 is 0 Å². The fraction of sp³-hybridized carbons (Fsp3) is 0.368. The van der Waals surface area contributed by atoms with E-state index in [4.69, 9.17) is 10.5 Å². The Hall–Kier alpha value is -1.80. The van der Waals surface area contributed by atoms with E-state index >= 15 is 0 Å². The molecule has 21 heavy (non-hydrogen) atoms. The van der Waals surface area contributed by atoms with E-state index in [9.17, 15) is 0 Å². The van der Waals surface area contributed by atoms with Crippen molar-refractivity contribution in [2.45, 2.75) is 32.7 Å². The van der Waals surface area contributed by atoms with Crippen LogP contribution < -0.4 is 10.5 Å². The largest absolute Gasteiger partial charge is 0.493 e. The molecule has 0 aliphatic carbocycles. The summed E-state index contributed by atoms with van der Waals surface area (Å²) in [6.07, 6.45) is 1.94. The average Bonchev–Trinajstić information content (AvgIpc) is 2.50. The van der Waals surface area contributed by atoms with E-state index in [-0.39, 0.29) is 6.04 Å². The van der Waals surface area contributed by atoms with Crippen molar-refractivity contribution in [3.8, 4) is 5.75 Å². The second-order valence-corrected chi connectivity index (χ2v) is 6.18. The number of fused-ring (bicyclic) bond motifs is 1. The molecular formula is C19H23NO. The summed E-state index contributed by atoms with van der Waals surface area (Å²) < 4.78 is 5.87. The molecule has 2 heteroatoms. The van der Waals surface area contributed by atoms with Crippen molar-refractivity contribution in [2.24, 2.45) is 11.7 Å². The summed E-state index contributed by atoms with van der Waals surface area (Å²) in [7, 11) is 0. The predicted molar refractivity (Wildman–Crippen MR) is 86.7 cm³/mol. The van der Waals surface area contributed by atoms with Crippen LogP contribution in [0.1, 0.15) is 22.3 Å². The van der Waals surface area contributed by atoms with E-state index in [1.54, 1.807) is 0 Å². The highest BCUT2D eigenvalue weighted by atomic mass is 16.5. The number of ether oxygens (including phenoxy) is 1. The number of rotatable bonds is 3. The second kappa shape index (κ2) is 5.90.